The van der Waals surface area contributed by atoms with Crippen molar-refractivity contribution in [3.05, 3.63) is 29.3 Å². The highest BCUT2D eigenvalue weighted by molar-refractivity contribution is 5.85. The summed E-state index contributed by atoms with van der Waals surface area (Å²) >= 11 is 0. The van der Waals surface area contributed by atoms with Crippen LogP contribution in [0.15, 0.2) is 18.2 Å². The lowest BCUT2D eigenvalue weighted by molar-refractivity contribution is -0.136. The number of hydrogen-bond donors (Lipinski definition) is 1. The Morgan fingerprint density at radius 1 is 1.23 bits per heavy atom. The summed E-state index contributed by atoms with van der Waals surface area (Å²) in [7, 11) is 0. The van der Waals surface area contributed by atoms with Crippen molar-refractivity contribution in [3.63, 3.8) is 0 Å². The third-order valence-electron chi connectivity index (χ3n) is 1.51. The topological polar surface area (TPSA) is 26.0 Å². The Morgan fingerprint density at radius 2 is 1.77 bits per heavy atom. The van der Waals surface area contributed by atoms with Crippen LogP contribution in [-0.2, 0) is 6.18 Å². The molecule has 2 N–H and O–H groups in total. The minimum Gasteiger partial charge on any atom is -0.398 e. The normalized spacial score (nSPS) is 10.8. The van der Waals surface area contributed by atoms with Crippen LogP contribution in [0.2, 0.25) is 0 Å². The molecule has 0 unspecified atom stereocenters. The fourth-order valence-corrected chi connectivity index (χ4v) is 0.940. The molecular formula is C8H9ClF3N. The molecule has 0 aliphatic heterocycles. The van der Waals surface area contributed by atoms with Crippen molar-refractivity contribution < 1.29 is 13.2 Å². The Kier molecular flexibility index (Phi) is 3.60. The highest BCUT2D eigenvalue weighted by Crippen LogP contribution is 2.33. The molecule has 74 valence electrons. The van der Waals surface area contributed by atoms with Crippen molar-refractivity contribution in [1.29, 1.82) is 0 Å². The van der Waals surface area contributed by atoms with E-state index in [4.69, 9.17) is 5.73 Å². The number of halogens is 4. The highest BCUT2D eigenvalue weighted by Gasteiger charge is 2.32. The van der Waals surface area contributed by atoms with Gasteiger partial charge in [-0.2, -0.15) is 13.2 Å². The lowest BCUT2D eigenvalue weighted by Gasteiger charge is -2.09. The van der Waals surface area contributed by atoms with E-state index in [1.807, 2.05) is 0 Å². The minimum absolute atomic E-state index is 0. The molecule has 0 atom stereocenters. The zero-order valence-corrected chi connectivity index (χ0v) is 7.67. The van der Waals surface area contributed by atoms with Gasteiger partial charge in [-0.1, -0.05) is 6.07 Å². The van der Waals surface area contributed by atoms with Crippen molar-refractivity contribution in [3.8, 4) is 0 Å². The number of rotatable bonds is 0. The third kappa shape index (κ3) is 2.81. The maximum Gasteiger partial charge on any atom is 0.418 e. The van der Waals surface area contributed by atoms with Crippen molar-refractivity contribution in [2.45, 2.75) is 13.1 Å². The van der Waals surface area contributed by atoms with Gasteiger partial charge in [-0.3, -0.25) is 0 Å². The Hall–Kier alpha value is -0.900. The molecule has 0 saturated carbocycles. The van der Waals surface area contributed by atoms with Gasteiger partial charge in [0.2, 0.25) is 0 Å². The molecule has 1 rings (SSSR count). The zero-order chi connectivity index (χ0) is 9.35. The molecule has 0 saturated heterocycles. The van der Waals surface area contributed by atoms with Crippen molar-refractivity contribution in [1.82, 2.24) is 0 Å². The molecule has 0 aliphatic rings. The zero-order valence-electron chi connectivity index (χ0n) is 6.85. The molecule has 0 amide bonds. The Morgan fingerprint density at radius 3 is 2.15 bits per heavy atom. The van der Waals surface area contributed by atoms with Crippen molar-refractivity contribution >= 4 is 18.1 Å². The molecule has 0 fully saturated rings. The molecule has 0 aliphatic carbocycles. The molecule has 0 bridgehead atoms. The van der Waals surface area contributed by atoms with Gasteiger partial charge in [0.05, 0.1) is 5.56 Å². The molecule has 1 nitrogen and oxygen atoms in total. The van der Waals surface area contributed by atoms with Crippen LogP contribution in [-0.4, -0.2) is 0 Å². The van der Waals surface area contributed by atoms with Gasteiger partial charge in [0.1, 0.15) is 0 Å². The first kappa shape index (κ1) is 12.1. The van der Waals surface area contributed by atoms with E-state index >= 15 is 0 Å². The van der Waals surface area contributed by atoms with Gasteiger partial charge < -0.3 is 5.73 Å². The van der Waals surface area contributed by atoms with Crippen LogP contribution in [0, 0.1) is 6.92 Å². The number of nitrogen functional groups attached to an aromatic ring is 1. The lowest BCUT2D eigenvalue weighted by atomic mass is 10.1. The summed E-state index contributed by atoms with van der Waals surface area (Å²) < 4.78 is 36.3. The largest absolute Gasteiger partial charge is 0.418 e. The van der Waals surface area contributed by atoms with Gasteiger partial charge in [-0.15, -0.1) is 12.4 Å². The van der Waals surface area contributed by atoms with E-state index in [1.54, 1.807) is 6.92 Å². The predicted octanol–water partition coefficient (Wildman–Crippen LogP) is 3.02. The Labute approximate surface area is 80.2 Å². The van der Waals surface area contributed by atoms with Crippen molar-refractivity contribution in [2.24, 2.45) is 0 Å². The van der Waals surface area contributed by atoms with E-state index in [-0.39, 0.29) is 18.1 Å². The number of benzene rings is 1. The molecule has 0 aromatic heterocycles. The fourth-order valence-electron chi connectivity index (χ4n) is 0.940. The van der Waals surface area contributed by atoms with E-state index in [1.165, 1.54) is 12.1 Å². The molecule has 13 heavy (non-hydrogen) atoms. The van der Waals surface area contributed by atoms with Crippen molar-refractivity contribution in [2.75, 3.05) is 5.73 Å². The van der Waals surface area contributed by atoms with Crippen LogP contribution >= 0.6 is 12.4 Å². The second kappa shape index (κ2) is 3.87. The molecule has 1 aromatic rings. The maximum atomic E-state index is 12.1. The van der Waals surface area contributed by atoms with Crippen LogP contribution in [0.3, 0.4) is 0 Å². The minimum atomic E-state index is -4.35. The number of alkyl halides is 3. The first-order chi connectivity index (χ1) is 5.41. The van der Waals surface area contributed by atoms with E-state index in [0.29, 0.717) is 0 Å². The second-order valence-electron chi connectivity index (χ2n) is 2.59. The smallest absolute Gasteiger partial charge is 0.398 e. The summed E-state index contributed by atoms with van der Waals surface area (Å²) in [6, 6.07) is 3.69. The molecule has 0 heterocycles. The van der Waals surface area contributed by atoms with E-state index in [0.717, 1.165) is 11.6 Å². The van der Waals surface area contributed by atoms with E-state index in [9.17, 15) is 13.2 Å². The van der Waals surface area contributed by atoms with Gasteiger partial charge in [-0.05, 0) is 24.6 Å². The maximum absolute atomic E-state index is 12.1. The summed E-state index contributed by atoms with van der Waals surface area (Å²) in [5, 5.41) is 0. The molecule has 0 spiro atoms. The second-order valence-corrected chi connectivity index (χ2v) is 2.59. The average Bonchev–Trinajstić information content (AvgIpc) is 1.83. The summed E-state index contributed by atoms with van der Waals surface area (Å²) in [5.41, 5.74) is 4.92. The number of anilines is 1. The first-order valence-corrected chi connectivity index (χ1v) is 3.34. The summed E-state index contributed by atoms with van der Waals surface area (Å²) in [4.78, 5) is 0. The van der Waals surface area contributed by atoms with Crippen LogP contribution < -0.4 is 5.73 Å². The summed E-state index contributed by atoms with van der Waals surface area (Å²) in [5.74, 6) is 0. The first-order valence-electron chi connectivity index (χ1n) is 3.34. The fraction of sp³-hybridized carbons (Fsp3) is 0.250. The molecular weight excluding hydrogens is 203 g/mol. The number of hydrogen-bond acceptors (Lipinski definition) is 1. The quantitative estimate of drug-likeness (QED) is 0.656. The Bertz CT molecular complexity index is 296. The van der Waals surface area contributed by atoms with Crippen LogP contribution in [0.25, 0.3) is 0 Å². The SMILES string of the molecule is Cc1ccc(C(F)(F)F)c(N)c1.Cl. The van der Waals surface area contributed by atoms with E-state index in [2.05, 4.69) is 0 Å². The molecule has 0 radical (unpaired) electrons. The lowest BCUT2D eigenvalue weighted by Crippen LogP contribution is -2.08. The van der Waals surface area contributed by atoms with Crippen LogP contribution in [0.5, 0.6) is 0 Å². The molecule has 5 heteroatoms. The van der Waals surface area contributed by atoms with Crippen LogP contribution in [0.1, 0.15) is 11.1 Å². The van der Waals surface area contributed by atoms with Crippen LogP contribution in [0.4, 0.5) is 18.9 Å². The van der Waals surface area contributed by atoms with Gasteiger partial charge in [-0.25, -0.2) is 0 Å². The average molecular weight is 212 g/mol. The predicted molar refractivity (Wildman–Crippen MR) is 47.8 cm³/mol. The van der Waals surface area contributed by atoms with E-state index < -0.39 is 11.7 Å². The standard InChI is InChI=1S/C8H8F3N.ClH/c1-5-2-3-6(7(12)4-5)8(9,10)11;/h2-4H,12H2,1H3;1H. The monoisotopic (exact) mass is 211 g/mol. The highest BCUT2D eigenvalue weighted by atomic mass is 35.5. The van der Waals surface area contributed by atoms with Gasteiger partial charge in [0.15, 0.2) is 0 Å². The third-order valence-corrected chi connectivity index (χ3v) is 1.51. The number of nitrogens with two attached hydrogens (primary N) is 1. The van der Waals surface area contributed by atoms with Gasteiger partial charge in [0, 0.05) is 5.69 Å². The number of aryl methyl sites for hydroxylation is 1. The molecule has 1 aromatic carbocycles. The summed E-state index contributed by atoms with van der Waals surface area (Å²) in [6.45, 7) is 1.69. The Balaban J connectivity index is 0.00000144. The summed E-state index contributed by atoms with van der Waals surface area (Å²) in [6.07, 6.45) is -4.35. The van der Waals surface area contributed by atoms with Gasteiger partial charge in [0.25, 0.3) is 0 Å². The van der Waals surface area contributed by atoms with Gasteiger partial charge >= 0.3 is 6.18 Å².